The van der Waals surface area contributed by atoms with Gasteiger partial charge in [-0.15, -0.1) is 16.8 Å². The van der Waals surface area contributed by atoms with Crippen LogP contribution in [0.3, 0.4) is 0 Å². The van der Waals surface area contributed by atoms with Crippen molar-refractivity contribution in [3.8, 4) is 0 Å². The van der Waals surface area contributed by atoms with E-state index in [4.69, 9.17) is 11.6 Å². The van der Waals surface area contributed by atoms with Crippen molar-refractivity contribution in [2.75, 3.05) is 5.75 Å². The summed E-state index contributed by atoms with van der Waals surface area (Å²) in [6.45, 7) is 8.41. The molecule has 0 aliphatic heterocycles. The van der Waals surface area contributed by atoms with Crippen LogP contribution >= 0.6 is 23.4 Å². The van der Waals surface area contributed by atoms with Crippen LogP contribution in [0.15, 0.2) is 47.0 Å². The molecule has 0 unspecified atom stereocenters. The normalized spacial score (nSPS) is 12.9. The molecule has 0 aliphatic carbocycles. The van der Waals surface area contributed by atoms with Gasteiger partial charge in [-0.2, -0.15) is 0 Å². The van der Waals surface area contributed by atoms with Gasteiger partial charge in [0, 0.05) is 17.3 Å². The molecule has 2 aromatic rings. The number of thioether (sulfide) groups is 1. The van der Waals surface area contributed by atoms with Crippen LogP contribution in [0, 0.1) is 0 Å². The molecule has 9 heteroatoms. The number of aromatic nitrogens is 3. The van der Waals surface area contributed by atoms with Gasteiger partial charge < -0.3 is 4.57 Å². The van der Waals surface area contributed by atoms with Crippen molar-refractivity contribution in [2.45, 2.75) is 49.3 Å². The molecule has 1 aromatic heterocycles. The lowest BCUT2D eigenvalue weighted by molar-refractivity contribution is 0.500. The van der Waals surface area contributed by atoms with E-state index in [1.165, 1.54) is 23.9 Å². The highest BCUT2D eigenvalue weighted by Gasteiger charge is 2.25. The van der Waals surface area contributed by atoms with Crippen molar-refractivity contribution in [3.63, 3.8) is 0 Å². The average molecular weight is 415 g/mol. The van der Waals surface area contributed by atoms with Gasteiger partial charge in [-0.1, -0.05) is 43.3 Å². The van der Waals surface area contributed by atoms with E-state index in [2.05, 4.69) is 28.4 Å². The molecule has 1 atom stereocenters. The molecule has 0 aliphatic rings. The number of halogens is 1. The number of hydrogen-bond donors (Lipinski definition) is 1. The minimum absolute atomic E-state index is 0.170. The SMILES string of the molecule is C=CCSc1nnc([C@@H](CC)NS(=O)(=O)c2ccc(Cl)cc2)n1CCC. The van der Waals surface area contributed by atoms with Gasteiger partial charge in [-0.05, 0) is 37.1 Å². The zero-order valence-corrected chi connectivity index (χ0v) is 17.2. The van der Waals surface area contributed by atoms with Crippen LogP contribution in [0.25, 0.3) is 0 Å². The Kier molecular flexibility index (Phi) is 7.69. The fourth-order valence-corrected chi connectivity index (χ4v) is 4.53. The average Bonchev–Trinajstić information content (AvgIpc) is 3.01. The zero-order chi connectivity index (χ0) is 19.2. The van der Waals surface area contributed by atoms with E-state index in [0.717, 1.165) is 23.9 Å². The summed E-state index contributed by atoms with van der Waals surface area (Å²) in [4.78, 5) is 0.170. The summed E-state index contributed by atoms with van der Waals surface area (Å²) in [5.41, 5.74) is 0. The van der Waals surface area contributed by atoms with Crippen LogP contribution in [0.1, 0.15) is 38.6 Å². The van der Waals surface area contributed by atoms with Crippen molar-refractivity contribution in [2.24, 2.45) is 0 Å². The summed E-state index contributed by atoms with van der Waals surface area (Å²) in [6, 6.07) is 5.62. The summed E-state index contributed by atoms with van der Waals surface area (Å²) in [6.07, 6.45) is 3.25. The second-order valence-electron chi connectivity index (χ2n) is 5.63. The van der Waals surface area contributed by atoms with Crippen molar-refractivity contribution in [3.05, 3.63) is 47.8 Å². The summed E-state index contributed by atoms with van der Waals surface area (Å²) in [5.74, 6) is 1.34. The van der Waals surface area contributed by atoms with Crippen LogP contribution < -0.4 is 4.72 Å². The summed E-state index contributed by atoms with van der Waals surface area (Å²) in [7, 11) is -3.69. The molecule has 0 amide bonds. The molecule has 1 N–H and O–H groups in total. The number of nitrogens with zero attached hydrogens (tertiary/aromatic N) is 3. The van der Waals surface area contributed by atoms with Crippen molar-refractivity contribution < 1.29 is 8.42 Å². The molecule has 6 nitrogen and oxygen atoms in total. The standard InChI is InChI=1S/C17H23ClN4O2S2/c1-4-11-22-16(19-20-17(22)25-12-5-2)15(6-3)21-26(23,24)14-9-7-13(18)8-10-14/h5,7-10,15,21H,2,4,6,11-12H2,1,3H3/t15-/m1/s1. The Hall–Kier alpha value is -1.35. The second kappa shape index (κ2) is 9.55. The van der Waals surface area contributed by atoms with Gasteiger partial charge >= 0.3 is 0 Å². The largest absolute Gasteiger partial charge is 0.305 e. The Morgan fingerprint density at radius 2 is 2.00 bits per heavy atom. The Bertz CT molecular complexity index is 835. The first kappa shape index (κ1) is 21.0. The molecule has 0 bridgehead atoms. The number of hydrogen-bond acceptors (Lipinski definition) is 5. The van der Waals surface area contributed by atoms with Gasteiger partial charge in [0.1, 0.15) is 0 Å². The maximum absolute atomic E-state index is 12.7. The summed E-state index contributed by atoms with van der Waals surface area (Å²) >= 11 is 7.38. The summed E-state index contributed by atoms with van der Waals surface area (Å²) in [5, 5.41) is 9.75. The molecule has 26 heavy (non-hydrogen) atoms. The zero-order valence-electron chi connectivity index (χ0n) is 14.9. The van der Waals surface area contributed by atoms with Crippen molar-refractivity contribution in [1.82, 2.24) is 19.5 Å². The Morgan fingerprint density at radius 3 is 2.58 bits per heavy atom. The first-order chi connectivity index (χ1) is 12.4. The van der Waals surface area contributed by atoms with Gasteiger partial charge in [0.05, 0.1) is 10.9 Å². The maximum Gasteiger partial charge on any atom is 0.241 e. The van der Waals surface area contributed by atoms with Gasteiger partial charge in [0.15, 0.2) is 11.0 Å². The fourth-order valence-electron chi connectivity index (χ4n) is 2.42. The van der Waals surface area contributed by atoms with Gasteiger partial charge in [-0.3, -0.25) is 0 Å². The fraction of sp³-hybridized carbons (Fsp3) is 0.412. The smallest absolute Gasteiger partial charge is 0.241 e. The van der Waals surface area contributed by atoms with Crippen LogP contribution in [-0.2, 0) is 16.6 Å². The molecule has 0 fully saturated rings. The molecular formula is C17H23ClN4O2S2. The lowest BCUT2D eigenvalue weighted by Gasteiger charge is -2.18. The first-order valence-electron chi connectivity index (χ1n) is 8.37. The second-order valence-corrected chi connectivity index (χ2v) is 8.77. The number of sulfonamides is 1. The Balaban J connectivity index is 2.31. The highest BCUT2D eigenvalue weighted by Crippen LogP contribution is 2.25. The topological polar surface area (TPSA) is 76.9 Å². The molecular weight excluding hydrogens is 392 g/mol. The Labute approximate surface area is 164 Å². The van der Waals surface area contributed by atoms with E-state index in [-0.39, 0.29) is 4.90 Å². The van der Waals surface area contributed by atoms with Crippen molar-refractivity contribution >= 4 is 33.4 Å². The molecule has 2 rings (SSSR count). The van der Waals surface area contributed by atoms with E-state index in [1.807, 2.05) is 11.5 Å². The molecule has 142 valence electrons. The quantitative estimate of drug-likeness (QED) is 0.468. The highest BCUT2D eigenvalue weighted by molar-refractivity contribution is 7.99. The van der Waals surface area contributed by atoms with Gasteiger partial charge in [0.2, 0.25) is 10.0 Å². The third-order valence-electron chi connectivity index (χ3n) is 3.66. The van der Waals surface area contributed by atoms with Crippen LogP contribution in [0.4, 0.5) is 0 Å². The maximum atomic E-state index is 12.7. The first-order valence-corrected chi connectivity index (χ1v) is 11.2. The number of rotatable bonds is 10. The minimum atomic E-state index is -3.69. The predicted octanol–water partition coefficient (Wildman–Crippen LogP) is 4.05. The van der Waals surface area contributed by atoms with Crippen LogP contribution in [0.5, 0.6) is 0 Å². The molecule has 1 heterocycles. The van der Waals surface area contributed by atoms with Crippen molar-refractivity contribution in [1.29, 1.82) is 0 Å². The minimum Gasteiger partial charge on any atom is -0.305 e. The van der Waals surface area contributed by atoms with Crippen LogP contribution in [-0.4, -0.2) is 28.9 Å². The monoisotopic (exact) mass is 414 g/mol. The van der Waals surface area contributed by atoms with E-state index in [9.17, 15) is 8.42 Å². The lowest BCUT2D eigenvalue weighted by Crippen LogP contribution is -2.30. The third kappa shape index (κ3) is 5.09. The van der Waals surface area contributed by atoms with E-state index < -0.39 is 16.1 Å². The molecule has 0 radical (unpaired) electrons. The van der Waals surface area contributed by atoms with Crippen LogP contribution in [0.2, 0.25) is 5.02 Å². The molecule has 0 spiro atoms. The molecule has 0 saturated heterocycles. The lowest BCUT2D eigenvalue weighted by atomic mass is 10.2. The highest BCUT2D eigenvalue weighted by atomic mass is 35.5. The summed E-state index contributed by atoms with van der Waals surface area (Å²) < 4.78 is 30.1. The van der Waals surface area contributed by atoms with E-state index in [0.29, 0.717) is 17.3 Å². The van der Waals surface area contributed by atoms with Gasteiger partial charge in [0.25, 0.3) is 0 Å². The third-order valence-corrected chi connectivity index (χ3v) is 6.37. The van der Waals surface area contributed by atoms with E-state index >= 15 is 0 Å². The van der Waals surface area contributed by atoms with E-state index in [1.54, 1.807) is 18.2 Å². The molecule has 0 saturated carbocycles. The molecule has 1 aromatic carbocycles. The predicted molar refractivity (Wildman–Crippen MR) is 106 cm³/mol. The van der Waals surface area contributed by atoms with Gasteiger partial charge in [-0.25, -0.2) is 13.1 Å². The number of benzene rings is 1. The number of nitrogens with one attached hydrogen (secondary N) is 1. The Morgan fingerprint density at radius 1 is 1.31 bits per heavy atom.